The van der Waals surface area contributed by atoms with Crippen molar-refractivity contribution in [2.45, 2.75) is 25.8 Å². The Morgan fingerprint density at radius 3 is 2.85 bits per heavy atom. The lowest BCUT2D eigenvalue weighted by molar-refractivity contribution is -0.125. The molecule has 0 saturated carbocycles. The minimum Gasteiger partial charge on any atom is -0.382 e. The Morgan fingerprint density at radius 1 is 1.25 bits per heavy atom. The Morgan fingerprint density at radius 2 is 2.10 bits per heavy atom. The summed E-state index contributed by atoms with van der Waals surface area (Å²) < 4.78 is 15.6. The van der Waals surface area contributed by atoms with Gasteiger partial charge in [-0.15, -0.1) is 0 Å². The molecule has 0 bridgehead atoms. The summed E-state index contributed by atoms with van der Waals surface area (Å²) in [6.07, 6.45) is 1.87. The Bertz CT molecular complexity index is 264. The van der Waals surface area contributed by atoms with Crippen LogP contribution >= 0.6 is 0 Å². The Labute approximate surface area is 121 Å². The highest BCUT2D eigenvalue weighted by Crippen LogP contribution is 2.13. The Balaban J connectivity index is 2.09. The van der Waals surface area contributed by atoms with Gasteiger partial charge in [0.05, 0.1) is 32.3 Å². The van der Waals surface area contributed by atoms with Gasteiger partial charge in [0.1, 0.15) is 0 Å². The van der Waals surface area contributed by atoms with Crippen molar-refractivity contribution < 1.29 is 19.0 Å². The van der Waals surface area contributed by atoms with Crippen molar-refractivity contribution in [1.29, 1.82) is 0 Å². The van der Waals surface area contributed by atoms with Gasteiger partial charge in [0, 0.05) is 26.3 Å². The molecule has 20 heavy (non-hydrogen) atoms. The molecular formula is C14H28N2O4. The summed E-state index contributed by atoms with van der Waals surface area (Å²) in [6.45, 7) is 6.66. The largest absolute Gasteiger partial charge is 0.382 e. The SMILES string of the molecule is CCCNC1COCC1C(=O)NCCCOCCOC. The number of amides is 1. The summed E-state index contributed by atoms with van der Waals surface area (Å²) in [5, 5.41) is 6.31. The third-order valence-corrected chi connectivity index (χ3v) is 3.27. The van der Waals surface area contributed by atoms with Crippen LogP contribution in [-0.4, -0.2) is 65.2 Å². The smallest absolute Gasteiger partial charge is 0.227 e. The number of carbonyl (C=O) groups is 1. The van der Waals surface area contributed by atoms with Crippen LogP contribution in [0.5, 0.6) is 0 Å². The lowest BCUT2D eigenvalue weighted by atomic mass is 10.0. The normalized spacial score (nSPS) is 22.1. The molecule has 2 unspecified atom stereocenters. The lowest BCUT2D eigenvalue weighted by Crippen LogP contribution is -2.44. The van der Waals surface area contributed by atoms with E-state index in [4.69, 9.17) is 14.2 Å². The first-order valence-electron chi connectivity index (χ1n) is 7.45. The molecule has 1 aliphatic heterocycles. The van der Waals surface area contributed by atoms with Crippen molar-refractivity contribution in [1.82, 2.24) is 10.6 Å². The molecule has 1 fully saturated rings. The summed E-state index contributed by atoms with van der Waals surface area (Å²) in [5.41, 5.74) is 0. The maximum absolute atomic E-state index is 12.1. The number of hydrogen-bond donors (Lipinski definition) is 2. The second-order valence-electron chi connectivity index (χ2n) is 4.95. The van der Waals surface area contributed by atoms with E-state index in [1.54, 1.807) is 7.11 Å². The summed E-state index contributed by atoms with van der Waals surface area (Å²) in [4.78, 5) is 12.1. The second kappa shape index (κ2) is 11.0. The Hall–Kier alpha value is -0.690. The van der Waals surface area contributed by atoms with E-state index in [-0.39, 0.29) is 17.9 Å². The van der Waals surface area contributed by atoms with Crippen LogP contribution in [0.4, 0.5) is 0 Å². The molecule has 6 nitrogen and oxygen atoms in total. The molecule has 0 radical (unpaired) electrons. The second-order valence-corrected chi connectivity index (χ2v) is 4.95. The summed E-state index contributed by atoms with van der Waals surface area (Å²) in [7, 11) is 1.65. The molecule has 1 rings (SSSR count). The fourth-order valence-electron chi connectivity index (χ4n) is 2.10. The van der Waals surface area contributed by atoms with E-state index in [0.29, 0.717) is 39.6 Å². The molecule has 6 heteroatoms. The summed E-state index contributed by atoms with van der Waals surface area (Å²) in [6, 6.07) is 0.146. The first-order chi connectivity index (χ1) is 9.79. The maximum atomic E-state index is 12.1. The molecule has 0 aromatic carbocycles. The zero-order valence-electron chi connectivity index (χ0n) is 12.7. The predicted octanol–water partition coefficient (Wildman–Crippen LogP) is 0.170. The van der Waals surface area contributed by atoms with Gasteiger partial charge in [-0.1, -0.05) is 6.92 Å². The first-order valence-corrected chi connectivity index (χ1v) is 7.45. The quantitative estimate of drug-likeness (QED) is 0.531. The highest BCUT2D eigenvalue weighted by molar-refractivity contribution is 5.79. The molecule has 1 amide bonds. The van der Waals surface area contributed by atoms with Gasteiger partial charge in [-0.3, -0.25) is 4.79 Å². The topological polar surface area (TPSA) is 68.8 Å². The van der Waals surface area contributed by atoms with Gasteiger partial charge in [-0.25, -0.2) is 0 Å². The molecule has 2 atom stereocenters. The van der Waals surface area contributed by atoms with Gasteiger partial charge in [0.25, 0.3) is 0 Å². The number of nitrogens with one attached hydrogen (secondary N) is 2. The molecule has 2 N–H and O–H groups in total. The molecule has 118 valence electrons. The van der Waals surface area contributed by atoms with Gasteiger partial charge in [-0.2, -0.15) is 0 Å². The lowest BCUT2D eigenvalue weighted by Gasteiger charge is -2.18. The van der Waals surface area contributed by atoms with Gasteiger partial charge < -0.3 is 24.8 Å². The van der Waals surface area contributed by atoms with Crippen molar-refractivity contribution >= 4 is 5.91 Å². The van der Waals surface area contributed by atoms with Crippen LogP contribution < -0.4 is 10.6 Å². The number of methoxy groups -OCH3 is 1. The van der Waals surface area contributed by atoms with Crippen LogP contribution in [0.15, 0.2) is 0 Å². The molecule has 0 aromatic rings. The Kier molecular flexibility index (Phi) is 9.57. The summed E-state index contributed by atoms with van der Waals surface area (Å²) in [5.74, 6) is 0.00366. The third-order valence-electron chi connectivity index (χ3n) is 3.27. The van der Waals surface area contributed by atoms with E-state index in [1.807, 2.05) is 0 Å². The van der Waals surface area contributed by atoms with E-state index in [1.165, 1.54) is 0 Å². The molecule has 0 spiro atoms. The van der Waals surface area contributed by atoms with Crippen molar-refractivity contribution in [3.05, 3.63) is 0 Å². The van der Waals surface area contributed by atoms with Crippen LogP contribution in [0, 0.1) is 5.92 Å². The maximum Gasteiger partial charge on any atom is 0.227 e. The van der Waals surface area contributed by atoms with E-state index >= 15 is 0 Å². The molecule has 1 saturated heterocycles. The number of hydrogen-bond acceptors (Lipinski definition) is 5. The van der Waals surface area contributed by atoms with Crippen LogP contribution in [0.25, 0.3) is 0 Å². The highest BCUT2D eigenvalue weighted by atomic mass is 16.5. The van der Waals surface area contributed by atoms with E-state index < -0.39 is 0 Å². The monoisotopic (exact) mass is 288 g/mol. The van der Waals surface area contributed by atoms with Crippen LogP contribution in [0.2, 0.25) is 0 Å². The van der Waals surface area contributed by atoms with Gasteiger partial charge >= 0.3 is 0 Å². The van der Waals surface area contributed by atoms with Crippen LogP contribution in [0.1, 0.15) is 19.8 Å². The zero-order valence-corrected chi connectivity index (χ0v) is 12.7. The minimum atomic E-state index is -0.0732. The molecule has 1 aliphatic rings. The van der Waals surface area contributed by atoms with Crippen molar-refractivity contribution in [2.24, 2.45) is 5.92 Å². The first kappa shape index (κ1) is 17.4. The molecule has 1 heterocycles. The predicted molar refractivity (Wildman–Crippen MR) is 76.7 cm³/mol. The number of ether oxygens (including phenoxy) is 3. The van der Waals surface area contributed by atoms with Crippen molar-refractivity contribution in [3.8, 4) is 0 Å². The molecule has 0 aliphatic carbocycles. The molecular weight excluding hydrogens is 260 g/mol. The average Bonchev–Trinajstić information content (AvgIpc) is 2.92. The van der Waals surface area contributed by atoms with Crippen LogP contribution in [-0.2, 0) is 19.0 Å². The molecule has 0 aromatic heterocycles. The minimum absolute atomic E-state index is 0.0732. The van der Waals surface area contributed by atoms with E-state index in [2.05, 4.69) is 17.6 Å². The van der Waals surface area contributed by atoms with E-state index in [0.717, 1.165) is 19.4 Å². The van der Waals surface area contributed by atoms with Gasteiger partial charge in [-0.05, 0) is 19.4 Å². The third kappa shape index (κ3) is 6.65. The van der Waals surface area contributed by atoms with Gasteiger partial charge in [0.15, 0.2) is 0 Å². The van der Waals surface area contributed by atoms with Crippen molar-refractivity contribution in [3.63, 3.8) is 0 Å². The number of carbonyl (C=O) groups excluding carboxylic acids is 1. The van der Waals surface area contributed by atoms with Gasteiger partial charge in [0.2, 0.25) is 5.91 Å². The van der Waals surface area contributed by atoms with E-state index in [9.17, 15) is 4.79 Å². The average molecular weight is 288 g/mol. The fourth-order valence-corrected chi connectivity index (χ4v) is 2.10. The van der Waals surface area contributed by atoms with Crippen molar-refractivity contribution in [2.75, 3.05) is 53.2 Å². The zero-order chi connectivity index (χ0) is 14.6. The number of rotatable bonds is 11. The summed E-state index contributed by atoms with van der Waals surface area (Å²) >= 11 is 0. The fraction of sp³-hybridized carbons (Fsp3) is 0.929. The van der Waals surface area contributed by atoms with Crippen LogP contribution in [0.3, 0.4) is 0 Å². The highest BCUT2D eigenvalue weighted by Gasteiger charge is 2.33. The standard InChI is InChI=1S/C14H28N2O4/c1-3-5-15-13-11-20-10-12(13)14(17)16-6-4-7-19-9-8-18-2/h12-13,15H,3-11H2,1-2H3,(H,16,17).